The number of furan rings is 1. The van der Waals surface area contributed by atoms with E-state index < -0.39 is 35.0 Å². The van der Waals surface area contributed by atoms with E-state index in [1.54, 1.807) is 12.1 Å². The minimum atomic E-state index is -1.36. The van der Waals surface area contributed by atoms with Crippen molar-refractivity contribution < 1.29 is 28.7 Å². The minimum Gasteiger partial charge on any atom is -0.463 e. The number of rotatable bonds is 6. The molecule has 8 rings (SSSR count). The molecule has 4 aliphatic rings. The van der Waals surface area contributed by atoms with E-state index in [4.69, 9.17) is 4.42 Å². The van der Waals surface area contributed by atoms with Gasteiger partial charge in [-0.15, -0.1) is 0 Å². The second kappa shape index (κ2) is 11.5. The molecule has 6 unspecified atom stereocenters. The number of aliphatic hydroxyl groups is 1. The molecule has 7 nitrogen and oxygen atoms in total. The third kappa shape index (κ3) is 4.30. The number of carbonyl (C=O) groups excluding carboxylic acids is 4. The monoisotopic (exact) mass is 637 g/mol. The summed E-state index contributed by atoms with van der Waals surface area (Å²) in [6.07, 6.45) is 4.90. The maximum atomic E-state index is 15.0. The molecule has 1 N–H and O–H groups in total. The van der Waals surface area contributed by atoms with Crippen molar-refractivity contribution in [1.29, 1.82) is 0 Å². The van der Waals surface area contributed by atoms with Crippen LogP contribution in [-0.4, -0.2) is 28.5 Å². The van der Waals surface area contributed by atoms with Crippen molar-refractivity contribution >= 4 is 34.6 Å². The molecule has 1 aliphatic heterocycles. The molecule has 2 amide bonds. The van der Waals surface area contributed by atoms with E-state index in [2.05, 4.69) is 6.92 Å². The lowest BCUT2D eigenvalue weighted by Crippen LogP contribution is -2.58. The predicted octanol–water partition coefficient (Wildman–Crippen LogP) is 6.36. The average Bonchev–Trinajstić information content (AvgIpc) is 3.71. The van der Waals surface area contributed by atoms with Crippen molar-refractivity contribution in [1.82, 2.24) is 0 Å². The molecule has 48 heavy (non-hydrogen) atoms. The highest BCUT2D eigenvalue weighted by Crippen LogP contribution is 2.63. The van der Waals surface area contributed by atoms with Crippen LogP contribution in [0.3, 0.4) is 0 Å². The number of carbonyl (C=O) groups is 4. The lowest BCUT2D eigenvalue weighted by atomic mass is 9.45. The van der Waals surface area contributed by atoms with Gasteiger partial charge in [0.1, 0.15) is 18.1 Å². The van der Waals surface area contributed by atoms with E-state index >= 15 is 0 Å². The summed E-state index contributed by atoms with van der Waals surface area (Å²) < 4.78 is 6.25. The Balaban J connectivity index is 1.33. The molecule has 0 bridgehead atoms. The maximum absolute atomic E-state index is 15.0. The first kappa shape index (κ1) is 30.2. The maximum Gasteiger partial charge on any atom is 0.238 e. The average molecular weight is 638 g/mol. The van der Waals surface area contributed by atoms with Gasteiger partial charge in [-0.1, -0.05) is 91.4 Å². The predicted molar refractivity (Wildman–Crippen MR) is 180 cm³/mol. The molecule has 1 aromatic heterocycles. The fourth-order valence-corrected chi connectivity index (χ4v) is 8.95. The van der Waals surface area contributed by atoms with Crippen LogP contribution in [0.15, 0.2) is 119 Å². The molecule has 4 aromatic rings. The number of nitrogens with zero attached hydrogens (tertiary/aromatic N) is 1. The van der Waals surface area contributed by atoms with Crippen molar-refractivity contribution in [2.24, 2.45) is 23.7 Å². The minimum absolute atomic E-state index is 0.173. The standard InChI is InChI=1S/C41H35NO6/c1-2-24-13-15-27(16-14-24)42-39(46)30-19-18-29-32(36(30)40(42)47)21-33-38(45)31(25-9-5-3-6-10-25)22-35(44)41(33,26-11-7-4-8-12-26)37(29)34-20-17-28(23-43)48-34/h3-18,20,22,30,32-33,36-37,43H,2,19,21,23H2,1H3. The highest BCUT2D eigenvalue weighted by molar-refractivity contribution is 6.32. The molecule has 1 saturated carbocycles. The zero-order chi connectivity index (χ0) is 33.2. The van der Waals surface area contributed by atoms with Gasteiger partial charge < -0.3 is 9.52 Å². The zero-order valence-electron chi connectivity index (χ0n) is 26.5. The summed E-state index contributed by atoms with van der Waals surface area (Å²) in [6.45, 7) is 1.72. The summed E-state index contributed by atoms with van der Waals surface area (Å²) >= 11 is 0. The van der Waals surface area contributed by atoms with E-state index in [9.17, 15) is 24.3 Å². The first-order valence-electron chi connectivity index (χ1n) is 16.7. The number of allylic oxidation sites excluding steroid dienone is 4. The second-order valence-corrected chi connectivity index (χ2v) is 13.3. The Kier molecular flexibility index (Phi) is 7.26. The number of imide groups is 1. The summed E-state index contributed by atoms with van der Waals surface area (Å²) in [7, 11) is 0. The van der Waals surface area contributed by atoms with Crippen LogP contribution in [0.4, 0.5) is 5.69 Å². The number of Topliss-reactive ketones (excluding diaryl/α,β-unsaturated/α-hetero) is 1. The fourth-order valence-electron chi connectivity index (χ4n) is 8.95. The van der Waals surface area contributed by atoms with Gasteiger partial charge in [-0.05, 0) is 72.2 Å². The molecule has 0 radical (unpaired) electrons. The lowest BCUT2D eigenvalue weighted by molar-refractivity contribution is -0.135. The van der Waals surface area contributed by atoms with E-state index in [-0.39, 0.29) is 36.4 Å². The zero-order valence-corrected chi connectivity index (χ0v) is 26.5. The van der Waals surface area contributed by atoms with E-state index in [1.807, 2.05) is 91.0 Å². The van der Waals surface area contributed by atoms with Crippen molar-refractivity contribution in [3.05, 3.63) is 143 Å². The van der Waals surface area contributed by atoms with Crippen molar-refractivity contribution in [2.45, 2.75) is 44.1 Å². The number of benzene rings is 3. The highest BCUT2D eigenvalue weighted by Gasteiger charge is 2.66. The van der Waals surface area contributed by atoms with Crippen molar-refractivity contribution in [2.75, 3.05) is 4.90 Å². The Morgan fingerprint density at radius 1 is 0.833 bits per heavy atom. The van der Waals surface area contributed by atoms with Crippen molar-refractivity contribution in [3.8, 4) is 0 Å². The number of aryl methyl sites for hydroxylation is 1. The fraction of sp³-hybridized carbons (Fsp3) is 0.268. The Bertz CT molecular complexity index is 2010. The number of aliphatic hydroxyl groups excluding tert-OH is 1. The third-order valence-corrected chi connectivity index (χ3v) is 11.1. The molecule has 2 fully saturated rings. The Morgan fingerprint density at radius 2 is 1.54 bits per heavy atom. The summed E-state index contributed by atoms with van der Waals surface area (Å²) in [4.78, 5) is 59.6. The van der Waals surface area contributed by atoms with Crippen LogP contribution in [0.5, 0.6) is 0 Å². The van der Waals surface area contributed by atoms with E-state index in [1.165, 1.54) is 11.0 Å². The van der Waals surface area contributed by atoms with Gasteiger partial charge in [0.25, 0.3) is 0 Å². The number of amides is 2. The van der Waals surface area contributed by atoms with Gasteiger partial charge >= 0.3 is 0 Å². The second-order valence-electron chi connectivity index (χ2n) is 13.3. The Labute approximate surface area is 278 Å². The van der Waals surface area contributed by atoms with Crippen LogP contribution in [0.2, 0.25) is 0 Å². The molecular formula is C41H35NO6. The van der Waals surface area contributed by atoms with E-state index in [0.29, 0.717) is 40.3 Å². The smallest absolute Gasteiger partial charge is 0.238 e. The molecule has 1 saturated heterocycles. The number of anilines is 1. The largest absolute Gasteiger partial charge is 0.463 e. The molecule has 240 valence electrons. The van der Waals surface area contributed by atoms with Gasteiger partial charge in [0.05, 0.1) is 28.9 Å². The number of fused-ring (bicyclic) bond motifs is 4. The van der Waals surface area contributed by atoms with Crippen LogP contribution < -0.4 is 4.90 Å². The topological polar surface area (TPSA) is 105 Å². The molecule has 6 atom stereocenters. The van der Waals surface area contributed by atoms with Gasteiger partial charge in [-0.25, -0.2) is 0 Å². The Hall–Kier alpha value is -5.14. The SMILES string of the molecule is CCc1ccc(N2C(=O)C3CC=C4C(CC5C(=O)C(c6ccccc6)=CC(=O)C5(c5ccccc5)C4c4ccc(CO)o4)C3C2=O)cc1. The summed E-state index contributed by atoms with van der Waals surface area (Å²) in [6, 6.07) is 29.6. The van der Waals surface area contributed by atoms with Crippen LogP contribution in [0.1, 0.15) is 53.9 Å². The summed E-state index contributed by atoms with van der Waals surface area (Å²) in [5.41, 5.74) is 2.81. The highest BCUT2D eigenvalue weighted by atomic mass is 16.4. The first-order valence-corrected chi connectivity index (χ1v) is 16.7. The quantitative estimate of drug-likeness (QED) is 0.195. The molecule has 0 spiro atoms. The summed E-state index contributed by atoms with van der Waals surface area (Å²) in [5, 5.41) is 9.98. The molecular weight excluding hydrogens is 602 g/mol. The third-order valence-electron chi connectivity index (χ3n) is 11.1. The van der Waals surface area contributed by atoms with Gasteiger partial charge in [-0.3, -0.25) is 24.1 Å². The lowest BCUT2D eigenvalue weighted by Gasteiger charge is -2.54. The number of hydrogen-bond acceptors (Lipinski definition) is 6. The van der Waals surface area contributed by atoms with E-state index in [0.717, 1.165) is 17.6 Å². The molecule has 7 heteroatoms. The van der Waals surface area contributed by atoms with Crippen LogP contribution in [0.25, 0.3) is 5.57 Å². The van der Waals surface area contributed by atoms with Crippen molar-refractivity contribution in [3.63, 3.8) is 0 Å². The van der Waals surface area contributed by atoms with Gasteiger partial charge in [0, 0.05) is 11.5 Å². The van der Waals surface area contributed by atoms with Crippen LogP contribution in [-0.2, 0) is 37.6 Å². The number of ketones is 2. The van der Waals surface area contributed by atoms with Gasteiger partial charge in [0.15, 0.2) is 11.6 Å². The molecule has 3 aliphatic carbocycles. The number of hydrogen-bond donors (Lipinski definition) is 1. The van der Waals surface area contributed by atoms with Crippen LogP contribution in [0, 0.1) is 23.7 Å². The van der Waals surface area contributed by atoms with Gasteiger partial charge in [0.2, 0.25) is 11.8 Å². The molecule has 2 heterocycles. The Morgan fingerprint density at radius 3 is 2.21 bits per heavy atom. The summed E-state index contributed by atoms with van der Waals surface area (Å²) in [5.74, 6) is -3.46. The normalized spacial score (nSPS) is 28.0. The van der Waals surface area contributed by atoms with Gasteiger partial charge in [-0.2, -0.15) is 0 Å². The first-order chi connectivity index (χ1) is 23.4. The molecule has 3 aromatic carbocycles. The van der Waals surface area contributed by atoms with Crippen LogP contribution >= 0.6 is 0 Å².